The summed E-state index contributed by atoms with van der Waals surface area (Å²) in [6.45, 7) is 2.52. The second-order valence-corrected chi connectivity index (χ2v) is 6.92. The van der Waals surface area contributed by atoms with Crippen LogP contribution in [0, 0.1) is 6.92 Å². The molecule has 1 unspecified atom stereocenters. The number of hydrogen-bond acceptors (Lipinski definition) is 4. The summed E-state index contributed by atoms with van der Waals surface area (Å²) in [5.41, 5.74) is 2.43. The van der Waals surface area contributed by atoms with E-state index in [1.165, 1.54) is 0 Å². The van der Waals surface area contributed by atoms with Crippen LogP contribution in [0.25, 0.3) is 11.4 Å². The SMILES string of the molecule is Cc1c(Cl)cccc1NC(=O)N1CCCC1c1nc(-c2ccccc2)no1. The number of likely N-dealkylation sites (tertiary alicyclic amines) is 1. The number of anilines is 1. The molecule has 2 aromatic carbocycles. The van der Waals surface area contributed by atoms with Crippen LogP contribution in [-0.4, -0.2) is 27.6 Å². The van der Waals surface area contributed by atoms with E-state index in [2.05, 4.69) is 15.5 Å². The lowest BCUT2D eigenvalue weighted by molar-refractivity contribution is 0.193. The van der Waals surface area contributed by atoms with Gasteiger partial charge in [-0.2, -0.15) is 4.98 Å². The Morgan fingerprint density at radius 3 is 2.85 bits per heavy atom. The molecule has 0 saturated carbocycles. The van der Waals surface area contributed by atoms with E-state index in [-0.39, 0.29) is 12.1 Å². The molecule has 1 aromatic heterocycles. The van der Waals surface area contributed by atoms with E-state index in [4.69, 9.17) is 16.1 Å². The van der Waals surface area contributed by atoms with Crippen LogP contribution in [0.4, 0.5) is 10.5 Å². The van der Waals surface area contributed by atoms with Gasteiger partial charge in [-0.05, 0) is 37.5 Å². The summed E-state index contributed by atoms with van der Waals surface area (Å²) >= 11 is 6.14. The predicted octanol–water partition coefficient (Wildman–Crippen LogP) is 5.07. The number of hydrogen-bond donors (Lipinski definition) is 1. The average Bonchev–Trinajstić information content (AvgIpc) is 3.35. The van der Waals surface area contributed by atoms with Crippen LogP contribution in [0.3, 0.4) is 0 Å². The number of halogens is 1. The van der Waals surface area contributed by atoms with Crippen LogP contribution >= 0.6 is 11.6 Å². The van der Waals surface area contributed by atoms with Gasteiger partial charge in [0.2, 0.25) is 11.7 Å². The molecule has 7 heteroatoms. The van der Waals surface area contributed by atoms with Crippen LogP contribution in [0.15, 0.2) is 53.1 Å². The monoisotopic (exact) mass is 382 g/mol. The van der Waals surface area contributed by atoms with Crippen LogP contribution in [0.1, 0.15) is 30.3 Å². The second-order valence-electron chi connectivity index (χ2n) is 6.52. The minimum absolute atomic E-state index is 0.192. The minimum Gasteiger partial charge on any atom is -0.337 e. The second kappa shape index (κ2) is 7.40. The first kappa shape index (κ1) is 17.5. The van der Waals surface area contributed by atoms with E-state index in [0.29, 0.717) is 29.0 Å². The Morgan fingerprint density at radius 2 is 2.04 bits per heavy atom. The molecule has 1 aliphatic heterocycles. The smallest absolute Gasteiger partial charge is 0.322 e. The average molecular weight is 383 g/mol. The van der Waals surface area contributed by atoms with Crippen molar-refractivity contribution in [2.75, 3.05) is 11.9 Å². The number of benzene rings is 2. The zero-order valence-electron chi connectivity index (χ0n) is 14.9. The van der Waals surface area contributed by atoms with Gasteiger partial charge >= 0.3 is 6.03 Å². The molecule has 1 atom stereocenters. The van der Waals surface area contributed by atoms with Crippen molar-refractivity contribution in [2.24, 2.45) is 0 Å². The molecule has 0 spiro atoms. The maximum absolute atomic E-state index is 12.8. The number of aromatic nitrogens is 2. The van der Waals surface area contributed by atoms with Crippen LogP contribution in [0.2, 0.25) is 5.02 Å². The lowest BCUT2D eigenvalue weighted by Crippen LogP contribution is -2.34. The van der Waals surface area contributed by atoms with Crippen LogP contribution < -0.4 is 5.32 Å². The maximum atomic E-state index is 12.8. The van der Waals surface area contributed by atoms with E-state index < -0.39 is 0 Å². The Kier molecular flexibility index (Phi) is 4.81. The normalized spacial score (nSPS) is 16.5. The molecule has 3 aromatic rings. The van der Waals surface area contributed by atoms with Crippen LogP contribution in [-0.2, 0) is 0 Å². The van der Waals surface area contributed by atoms with Crippen molar-refractivity contribution in [3.8, 4) is 11.4 Å². The Morgan fingerprint density at radius 1 is 1.22 bits per heavy atom. The first-order valence-electron chi connectivity index (χ1n) is 8.85. The van der Waals surface area contributed by atoms with Crippen molar-refractivity contribution in [1.82, 2.24) is 15.0 Å². The van der Waals surface area contributed by atoms with Gasteiger partial charge in [0.15, 0.2) is 0 Å². The number of nitrogens with zero attached hydrogens (tertiary/aromatic N) is 3. The molecule has 0 aliphatic carbocycles. The molecule has 1 N–H and O–H groups in total. The lowest BCUT2D eigenvalue weighted by atomic mass is 10.2. The van der Waals surface area contributed by atoms with Crippen molar-refractivity contribution in [3.63, 3.8) is 0 Å². The molecule has 138 valence electrons. The van der Waals surface area contributed by atoms with Crippen molar-refractivity contribution in [3.05, 3.63) is 65.0 Å². The third-order valence-electron chi connectivity index (χ3n) is 4.78. The van der Waals surface area contributed by atoms with E-state index in [0.717, 1.165) is 24.0 Å². The third kappa shape index (κ3) is 3.53. The lowest BCUT2D eigenvalue weighted by Gasteiger charge is -2.23. The quantitative estimate of drug-likeness (QED) is 0.686. The van der Waals surface area contributed by atoms with Gasteiger partial charge in [0.25, 0.3) is 0 Å². The molecule has 0 bridgehead atoms. The third-order valence-corrected chi connectivity index (χ3v) is 5.19. The molecule has 27 heavy (non-hydrogen) atoms. The Bertz CT molecular complexity index is 958. The molecule has 2 heterocycles. The molecular weight excluding hydrogens is 364 g/mol. The number of carbonyl (C=O) groups excluding carboxylic acids is 1. The molecule has 4 rings (SSSR count). The van der Waals surface area contributed by atoms with E-state index in [9.17, 15) is 4.79 Å². The summed E-state index contributed by atoms with van der Waals surface area (Å²) in [4.78, 5) is 19.1. The Balaban J connectivity index is 1.53. The van der Waals surface area contributed by atoms with Crippen LogP contribution in [0.5, 0.6) is 0 Å². The number of nitrogens with one attached hydrogen (secondary N) is 1. The number of carbonyl (C=O) groups is 1. The maximum Gasteiger partial charge on any atom is 0.322 e. The fraction of sp³-hybridized carbons (Fsp3) is 0.250. The van der Waals surface area contributed by atoms with Gasteiger partial charge in [0, 0.05) is 22.8 Å². The van der Waals surface area contributed by atoms with E-state index >= 15 is 0 Å². The van der Waals surface area contributed by atoms with E-state index in [1.807, 2.05) is 49.4 Å². The number of amides is 2. The summed E-state index contributed by atoms with van der Waals surface area (Å²) in [5, 5.41) is 7.64. The zero-order valence-corrected chi connectivity index (χ0v) is 15.6. The fourth-order valence-electron chi connectivity index (χ4n) is 3.27. The van der Waals surface area contributed by atoms with Gasteiger partial charge < -0.3 is 14.7 Å². The molecule has 2 amide bonds. The topological polar surface area (TPSA) is 71.3 Å². The first-order valence-corrected chi connectivity index (χ1v) is 9.23. The van der Waals surface area contributed by atoms with Gasteiger partial charge in [-0.25, -0.2) is 4.79 Å². The highest BCUT2D eigenvalue weighted by molar-refractivity contribution is 6.31. The predicted molar refractivity (Wildman–Crippen MR) is 104 cm³/mol. The van der Waals surface area contributed by atoms with Crippen molar-refractivity contribution < 1.29 is 9.32 Å². The summed E-state index contributed by atoms with van der Waals surface area (Å²) in [5.74, 6) is 0.993. The summed E-state index contributed by atoms with van der Waals surface area (Å²) in [6.07, 6.45) is 1.67. The zero-order chi connectivity index (χ0) is 18.8. The molecule has 6 nitrogen and oxygen atoms in total. The van der Waals surface area contributed by atoms with Gasteiger partial charge in [-0.3, -0.25) is 0 Å². The van der Waals surface area contributed by atoms with Gasteiger partial charge in [0.05, 0.1) is 0 Å². The highest BCUT2D eigenvalue weighted by atomic mass is 35.5. The minimum atomic E-state index is -0.227. The van der Waals surface area contributed by atoms with E-state index in [1.54, 1.807) is 11.0 Å². The largest absolute Gasteiger partial charge is 0.337 e. The Hall–Kier alpha value is -2.86. The summed E-state index contributed by atoms with van der Waals surface area (Å²) < 4.78 is 5.47. The highest BCUT2D eigenvalue weighted by Crippen LogP contribution is 2.33. The van der Waals surface area contributed by atoms with Crippen molar-refractivity contribution in [1.29, 1.82) is 0 Å². The molecule has 0 radical (unpaired) electrons. The molecule has 1 saturated heterocycles. The fourth-order valence-corrected chi connectivity index (χ4v) is 3.45. The number of urea groups is 1. The molecule has 1 fully saturated rings. The summed E-state index contributed by atoms with van der Waals surface area (Å²) in [6, 6.07) is 14.7. The standard InChI is InChI=1S/C20H19ClN4O2/c1-13-15(21)9-5-10-16(13)22-20(26)25-12-6-11-17(25)19-23-18(24-27-19)14-7-3-2-4-8-14/h2-5,7-10,17H,6,11-12H2,1H3,(H,22,26). The first-order chi connectivity index (χ1) is 13.1. The molecular formula is C20H19ClN4O2. The van der Waals surface area contributed by atoms with Crippen molar-refractivity contribution in [2.45, 2.75) is 25.8 Å². The van der Waals surface area contributed by atoms with Gasteiger partial charge in [-0.15, -0.1) is 0 Å². The van der Waals surface area contributed by atoms with Crippen molar-refractivity contribution >= 4 is 23.3 Å². The summed E-state index contributed by atoms with van der Waals surface area (Å²) in [7, 11) is 0. The van der Waals surface area contributed by atoms with Gasteiger partial charge in [0.1, 0.15) is 6.04 Å². The van der Waals surface area contributed by atoms with Gasteiger partial charge in [-0.1, -0.05) is 53.2 Å². The molecule has 1 aliphatic rings. The highest BCUT2D eigenvalue weighted by Gasteiger charge is 2.34. The number of rotatable bonds is 3. The Labute approximate surface area is 162 Å².